The molecule has 0 aromatic heterocycles. The molecule has 0 aromatic carbocycles. The SMILES string of the molecule is CSC1CCCC(N2CCCNC3(CCCC3)C2)C1. The third kappa shape index (κ3) is 3.30. The number of nitrogens with zero attached hydrogens (tertiary/aromatic N) is 1. The van der Waals surface area contributed by atoms with Crippen molar-refractivity contribution in [3.63, 3.8) is 0 Å². The molecule has 0 aromatic rings. The molecule has 19 heavy (non-hydrogen) atoms. The first-order valence-electron chi connectivity index (χ1n) is 8.33. The predicted molar refractivity (Wildman–Crippen MR) is 85.0 cm³/mol. The Hall–Kier alpha value is 0.270. The molecule has 1 spiro atoms. The maximum atomic E-state index is 3.90. The van der Waals surface area contributed by atoms with E-state index in [-0.39, 0.29) is 0 Å². The Morgan fingerprint density at radius 2 is 1.95 bits per heavy atom. The Kier molecular flexibility index (Phi) is 4.76. The fourth-order valence-corrected chi connectivity index (χ4v) is 5.34. The van der Waals surface area contributed by atoms with Gasteiger partial charge in [0.1, 0.15) is 0 Å². The van der Waals surface area contributed by atoms with E-state index in [2.05, 4.69) is 28.2 Å². The molecule has 0 amide bonds. The summed E-state index contributed by atoms with van der Waals surface area (Å²) in [4.78, 5) is 2.87. The van der Waals surface area contributed by atoms with Crippen LogP contribution in [0.4, 0.5) is 0 Å². The molecule has 1 saturated heterocycles. The summed E-state index contributed by atoms with van der Waals surface area (Å²) in [5, 5.41) is 4.83. The Labute approximate surface area is 123 Å². The zero-order valence-corrected chi connectivity index (χ0v) is 13.3. The standard InChI is InChI=1S/C16H30N2S/c1-19-15-7-4-6-14(12-15)18-11-5-10-17-16(13-18)8-2-3-9-16/h14-15,17H,2-13H2,1H3. The smallest absolute Gasteiger partial charge is 0.0308 e. The first-order chi connectivity index (χ1) is 9.31. The molecule has 3 aliphatic rings. The fraction of sp³-hybridized carbons (Fsp3) is 1.00. The maximum Gasteiger partial charge on any atom is 0.0308 e. The van der Waals surface area contributed by atoms with E-state index in [0.29, 0.717) is 5.54 Å². The lowest BCUT2D eigenvalue weighted by atomic mass is 9.91. The van der Waals surface area contributed by atoms with Crippen LogP contribution in [0.15, 0.2) is 0 Å². The van der Waals surface area contributed by atoms with E-state index >= 15 is 0 Å². The molecule has 0 radical (unpaired) electrons. The summed E-state index contributed by atoms with van der Waals surface area (Å²) in [6, 6.07) is 0.878. The van der Waals surface area contributed by atoms with Crippen LogP contribution < -0.4 is 5.32 Å². The average molecular weight is 282 g/mol. The lowest BCUT2D eigenvalue weighted by molar-refractivity contribution is 0.129. The number of thioether (sulfide) groups is 1. The van der Waals surface area contributed by atoms with Gasteiger partial charge in [0, 0.05) is 23.4 Å². The number of rotatable bonds is 2. The van der Waals surface area contributed by atoms with Crippen molar-refractivity contribution in [3.05, 3.63) is 0 Å². The highest BCUT2D eigenvalue weighted by atomic mass is 32.2. The lowest BCUT2D eigenvalue weighted by Gasteiger charge is -2.40. The van der Waals surface area contributed by atoms with E-state index in [0.717, 1.165) is 11.3 Å². The topological polar surface area (TPSA) is 15.3 Å². The quantitative estimate of drug-likeness (QED) is 0.837. The molecule has 1 N–H and O–H groups in total. The summed E-state index contributed by atoms with van der Waals surface area (Å²) >= 11 is 2.10. The van der Waals surface area contributed by atoms with Gasteiger partial charge in [-0.1, -0.05) is 19.3 Å². The van der Waals surface area contributed by atoms with E-state index < -0.39 is 0 Å². The van der Waals surface area contributed by atoms with Crippen molar-refractivity contribution in [2.75, 3.05) is 25.9 Å². The minimum atomic E-state index is 0.489. The second-order valence-corrected chi connectivity index (χ2v) is 8.05. The van der Waals surface area contributed by atoms with Gasteiger partial charge in [-0.3, -0.25) is 4.90 Å². The van der Waals surface area contributed by atoms with E-state index in [1.807, 2.05) is 0 Å². The molecule has 2 saturated carbocycles. The van der Waals surface area contributed by atoms with Crippen molar-refractivity contribution in [3.8, 4) is 0 Å². The lowest BCUT2D eigenvalue weighted by Crippen LogP contribution is -2.52. The summed E-state index contributed by atoms with van der Waals surface area (Å²) in [6.07, 6.45) is 15.2. The third-order valence-electron chi connectivity index (χ3n) is 5.64. The van der Waals surface area contributed by atoms with Crippen molar-refractivity contribution < 1.29 is 0 Å². The molecular formula is C16H30N2S. The number of hydrogen-bond acceptors (Lipinski definition) is 3. The van der Waals surface area contributed by atoms with Gasteiger partial charge < -0.3 is 5.32 Å². The summed E-state index contributed by atoms with van der Waals surface area (Å²) in [6.45, 7) is 3.91. The van der Waals surface area contributed by atoms with Crippen LogP contribution in [-0.4, -0.2) is 47.6 Å². The van der Waals surface area contributed by atoms with Gasteiger partial charge in [0.05, 0.1) is 0 Å². The van der Waals surface area contributed by atoms with Gasteiger partial charge in [-0.05, 0) is 57.9 Å². The molecule has 2 aliphatic carbocycles. The Balaban J connectivity index is 1.65. The van der Waals surface area contributed by atoms with Crippen LogP contribution in [0.1, 0.15) is 57.8 Å². The summed E-state index contributed by atoms with van der Waals surface area (Å²) in [5.41, 5.74) is 0.489. The number of nitrogens with one attached hydrogen (secondary N) is 1. The van der Waals surface area contributed by atoms with Crippen molar-refractivity contribution in [1.82, 2.24) is 10.2 Å². The van der Waals surface area contributed by atoms with E-state index in [9.17, 15) is 0 Å². The molecule has 3 heteroatoms. The maximum absolute atomic E-state index is 3.90. The van der Waals surface area contributed by atoms with Gasteiger partial charge >= 0.3 is 0 Å². The second kappa shape index (κ2) is 6.36. The Bertz CT molecular complexity index is 288. The van der Waals surface area contributed by atoms with Crippen LogP contribution in [0.25, 0.3) is 0 Å². The van der Waals surface area contributed by atoms with E-state index in [4.69, 9.17) is 0 Å². The first-order valence-corrected chi connectivity index (χ1v) is 9.62. The van der Waals surface area contributed by atoms with Crippen LogP contribution in [0.3, 0.4) is 0 Å². The summed E-state index contributed by atoms with van der Waals surface area (Å²) < 4.78 is 0. The van der Waals surface area contributed by atoms with Gasteiger partial charge in [0.25, 0.3) is 0 Å². The highest BCUT2D eigenvalue weighted by Gasteiger charge is 2.38. The largest absolute Gasteiger partial charge is 0.310 e. The predicted octanol–water partition coefficient (Wildman–Crippen LogP) is 3.27. The van der Waals surface area contributed by atoms with Crippen LogP contribution in [0, 0.1) is 0 Å². The minimum absolute atomic E-state index is 0.489. The molecule has 110 valence electrons. The van der Waals surface area contributed by atoms with Crippen LogP contribution in [0.2, 0.25) is 0 Å². The highest BCUT2D eigenvalue weighted by Crippen LogP contribution is 2.35. The Morgan fingerprint density at radius 1 is 1.11 bits per heavy atom. The highest BCUT2D eigenvalue weighted by molar-refractivity contribution is 7.99. The zero-order chi connectivity index (χ0) is 13.1. The summed E-state index contributed by atoms with van der Waals surface area (Å²) in [7, 11) is 0. The monoisotopic (exact) mass is 282 g/mol. The van der Waals surface area contributed by atoms with Crippen molar-refractivity contribution in [1.29, 1.82) is 0 Å². The van der Waals surface area contributed by atoms with E-state index in [1.165, 1.54) is 77.4 Å². The zero-order valence-electron chi connectivity index (χ0n) is 12.5. The third-order valence-corrected chi connectivity index (χ3v) is 6.73. The molecule has 0 bridgehead atoms. The molecule has 1 aliphatic heterocycles. The normalized spacial score (nSPS) is 36.5. The van der Waals surface area contributed by atoms with Crippen LogP contribution in [-0.2, 0) is 0 Å². The Morgan fingerprint density at radius 3 is 2.74 bits per heavy atom. The van der Waals surface area contributed by atoms with Crippen molar-refractivity contribution in [2.24, 2.45) is 0 Å². The first kappa shape index (κ1) is 14.2. The minimum Gasteiger partial charge on any atom is -0.310 e. The number of hydrogen-bond donors (Lipinski definition) is 1. The molecule has 3 rings (SSSR count). The molecule has 1 heterocycles. The second-order valence-electron chi connectivity index (χ2n) is 6.92. The van der Waals surface area contributed by atoms with Crippen molar-refractivity contribution in [2.45, 2.75) is 74.6 Å². The summed E-state index contributed by atoms with van der Waals surface area (Å²) in [5.74, 6) is 0. The van der Waals surface area contributed by atoms with E-state index in [1.54, 1.807) is 0 Å². The molecule has 2 atom stereocenters. The van der Waals surface area contributed by atoms with Gasteiger partial charge in [0.2, 0.25) is 0 Å². The molecule has 3 fully saturated rings. The molecular weight excluding hydrogens is 252 g/mol. The van der Waals surface area contributed by atoms with Crippen LogP contribution in [0.5, 0.6) is 0 Å². The fourth-order valence-electron chi connectivity index (χ4n) is 4.52. The van der Waals surface area contributed by atoms with Gasteiger partial charge in [-0.15, -0.1) is 0 Å². The molecule has 2 nitrogen and oxygen atoms in total. The average Bonchev–Trinajstić information content (AvgIpc) is 2.79. The van der Waals surface area contributed by atoms with Crippen molar-refractivity contribution >= 4 is 11.8 Å². The van der Waals surface area contributed by atoms with Gasteiger partial charge in [0.15, 0.2) is 0 Å². The van der Waals surface area contributed by atoms with Crippen LogP contribution >= 0.6 is 11.8 Å². The molecule has 2 unspecified atom stereocenters. The van der Waals surface area contributed by atoms with Gasteiger partial charge in [-0.25, -0.2) is 0 Å². The van der Waals surface area contributed by atoms with Gasteiger partial charge in [-0.2, -0.15) is 11.8 Å².